The Balaban J connectivity index is 1.64. The molecular weight excluding hydrogens is 300 g/mol. The first-order chi connectivity index (χ1) is 11.7. The van der Waals surface area contributed by atoms with Crippen molar-refractivity contribution in [3.8, 4) is 5.75 Å². The lowest BCUT2D eigenvalue weighted by Crippen LogP contribution is -2.43. The van der Waals surface area contributed by atoms with Crippen LogP contribution in [-0.4, -0.2) is 19.1 Å². The smallest absolute Gasteiger partial charge is 0.230 e. The fourth-order valence-corrected chi connectivity index (χ4v) is 3.15. The molecule has 0 aromatic heterocycles. The average molecular weight is 324 g/mol. The normalized spacial score (nSPS) is 15.4. The monoisotopic (exact) mass is 324 g/mol. The van der Waals surface area contributed by atoms with Gasteiger partial charge in [0.2, 0.25) is 5.91 Å². The summed E-state index contributed by atoms with van der Waals surface area (Å²) in [7, 11) is 0. The third-order valence-electron chi connectivity index (χ3n) is 4.68. The van der Waals surface area contributed by atoms with Gasteiger partial charge in [-0.2, -0.15) is 0 Å². The van der Waals surface area contributed by atoms with Gasteiger partial charge in [0.25, 0.3) is 0 Å². The molecule has 1 aliphatic rings. The van der Waals surface area contributed by atoms with Crippen molar-refractivity contribution in [1.29, 1.82) is 0 Å². The lowest BCUT2D eigenvalue weighted by molar-refractivity contribution is -0.130. The van der Waals surface area contributed by atoms with Gasteiger partial charge >= 0.3 is 0 Å². The summed E-state index contributed by atoms with van der Waals surface area (Å²) in [5.41, 5.74) is 7.18. The first-order valence-corrected chi connectivity index (χ1v) is 8.50. The summed E-state index contributed by atoms with van der Waals surface area (Å²) in [6, 6.07) is 17.7. The maximum Gasteiger partial charge on any atom is 0.230 e. The van der Waals surface area contributed by atoms with Gasteiger partial charge in [-0.15, -0.1) is 0 Å². The van der Waals surface area contributed by atoms with Crippen LogP contribution in [0.15, 0.2) is 54.6 Å². The molecule has 126 valence electrons. The number of nitrogens with one attached hydrogen (secondary N) is 1. The summed E-state index contributed by atoms with van der Waals surface area (Å²) >= 11 is 0. The summed E-state index contributed by atoms with van der Waals surface area (Å²) in [6.45, 7) is 0.979. The Kier molecular flexibility index (Phi) is 5.16. The highest BCUT2D eigenvalue weighted by Crippen LogP contribution is 2.44. The van der Waals surface area contributed by atoms with E-state index >= 15 is 0 Å². The first kappa shape index (κ1) is 16.5. The largest absolute Gasteiger partial charge is 0.492 e. The zero-order valence-electron chi connectivity index (χ0n) is 13.8. The number of hydrogen-bond donors (Lipinski definition) is 2. The van der Waals surface area contributed by atoms with E-state index in [0.717, 1.165) is 37.1 Å². The Morgan fingerprint density at radius 1 is 1.08 bits per heavy atom. The highest BCUT2D eigenvalue weighted by Gasteiger charge is 2.43. The third-order valence-corrected chi connectivity index (χ3v) is 4.68. The van der Waals surface area contributed by atoms with E-state index < -0.39 is 0 Å². The second-order valence-electron chi connectivity index (χ2n) is 6.41. The van der Waals surface area contributed by atoms with Crippen molar-refractivity contribution in [3.63, 3.8) is 0 Å². The molecule has 24 heavy (non-hydrogen) atoms. The summed E-state index contributed by atoms with van der Waals surface area (Å²) in [5, 5.41) is 3.07. The zero-order chi connectivity index (χ0) is 16.8. The Bertz CT molecular complexity index is 664. The molecule has 0 radical (unpaired) electrons. The quantitative estimate of drug-likeness (QED) is 0.820. The maximum absolute atomic E-state index is 12.8. The number of hydrogen-bond acceptors (Lipinski definition) is 3. The molecule has 1 amide bonds. The van der Waals surface area contributed by atoms with Gasteiger partial charge in [0.1, 0.15) is 12.4 Å². The number of rotatable bonds is 7. The van der Waals surface area contributed by atoms with Crippen LogP contribution in [0.3, 0.4) is 0 Å². The highest BCUT2D eigenvalue weighted by molar-refractivity contribution is 5.96. The molecule has 0 unspecified atom stereocenters. The molecule has 0 atom stereocenters. The number of carbonyl (C=O) groups is 1. The number of amides is 1. The molecule has 1 saturated carbocycles. The first-order valence-electron chi connectivity index (χ1n) is 8.50. The van der Waals surface area contributed by atoms with E-state index in [0.29, 0.717) is 13.2 Å². The zero-order valence-corrected chi connectivity index (χ0v) is 13.8. The molecule has 1 aliphatic carbocycles. The molecule has 1 fully saturated rings. The number of carbonyl (C=O) groups excluding carboxylic acids is 1. The standard InChI is InChI=1S/C20H24N2O2/c21-13-14-24-18-9-7-17(8-10-18)22-19(23)20(11-4-12-20)15-16-5-2-1-3-6-16/h1-3,5-10H,4,11-15,21H2,(H,22,23). The minimum absolute atomic E-state index is 0.119. The van der Waals surface area contributed by atoms with Crippen molar-refractivity contribution < 1.29 is 9.53 Å². The van der Waals surface area contributed by atoms with Gasteiger partial charge in [-0.3, -0.25) is 4.79 Å². The molecule has 2 aromatic carbocycles. The molecule has 4 heteroatoms. The van der Waals surface area contributed by atoms with Crippen molar-refractivity contribution >= 4 is 11.6 Å². The third kappa shape index (κ3) is 3.77. The van der Waals surface area contributed by atoms with E-state index in [1.54, 1.807) is 0 Å². The van der Waals surface area contributed by atoms with Gasteiger partial charge < -0.3 is 15.8 Å². The molecular formula is C20H24N2O2. The Morgan fingerprint density at radius 3 is 2.38 bits per heavy atom. The van der Waals surface area contributed by atoms with Crippen LogP contribution in [-0.2, 0) is 11.2 Å². The molecule has 0 bridgehead atoms. The minimum atomic E-state index is -0.268. The van der Waals surface area contributed by atoms with Crippen molar-refractivity contribution in [3.05, 3.63) is 60.2 Å². The van der Waals surface area contributed by atoms with Gasteiger partial charge in [-0.1, -0.05) is 36.8 Å². The Labute approximate surface area is 143 Å². The number of ether oxygens (including phenoxy) is 1. The van der Waals surface area contributed by atoms with Crippen LogP contribution < -0.4 is 15.8 Å². The second kappa shape index (κ2) is 7.49. The molecule has 2 aromatic rings. The molecule has 0 aliphatic heterocycles. The molecule has 0 heterocycles. The van der Waals surface area contributed by atoms with E-state index in [4.69, 9.17) is 10.5 Å². The minimum Gasteiger partial charge on any atom is -0.492 e. The fourth-order valence-electron chi connectivity index (χ4n) is 3.15. The second-order valence-corrected chi connectivity index (χ2v) is 6.41. The van der Waals surface area contributed by atoms with Crippen LogP contribution >= 0.6 is 0 Å². The number of anilines is 1. The topological polar surface area (TPSA) is 64.3 Å². The van der Waals surface area contributed by atoms with Gasteiger partial charge in [-0.05, 0) is 49.1 Å². The summed E-state index contributed by atoms with van der Waals surface area (Å²) < 4.78 is 5.46. The average Bonchev–Trinajstić information content (AvgIpc) is 2.58. The molecule has 3 N–H and O–H groups in total. The van der Waals surface area contributed by atoms with E-state index in [2.05, 4.69) is 17.4 Å². The lowest BCUT2D eigenvalue weighted by atomic mass is 9.64. The van der Waals surface area contributed by atoms with Gasteiger partial charge in [0, 0.05) is 12.2 Å². The molecule has 0 saturated heterocycles. The SMILES string of the molecule is NCCOc1ccc(NC(=O)C2(Cc3ccccc3)CCC2)cc1. The lowest BCUT2D eigenvalue weighted by Gasteiger charge is -2.40. The van der Waals surface area contributed by atoms with E-state index in [9.17, 15) is 4.79 Å². The molecule has 4 nitrogen and oxygen atoms in total. The Hall–Kier alpha value is -2.33. The van der Waals surface area contributed by atoms with E-state index in [1.165, 1.54) is 5.56 Å². The van der Waals surface area contributed by atoms with Gasteiger partial charge in [-0.25, -0.2) is 0 Å². The maximum atomic E-state index is 12.8. The van der Waals surface area contributed by atoms with Crippen molar-refractivity contribution in [2.45, 2.75) is 25.7 Å². The predicted molar refractivity (Wildman–Crippen MR) is 96.1 cm³/mol. The van der Waals surface area contributed by atoms with Crippen molar-refractivity contribution in [2.24, 2.45) is 11.1 Å². The fraction of sp³-hybridized carbons (Fsp3) is 0.350. The summed E-state index contributed by atoms with van der Waals surface area (Å²) in [6.07, 6.45) is 3.82. The van der Waals surface area contributed by atoms with E-state index in [-0.39, 0.29) is 11.3 Å². The van der Waals surface area contributed by atoms with Crippen molar-refractivity contribution in [1.82, 2.24) is 0 Å². The van der Waals surface area contributed by atoms with Crippen LogP contribution in [0.2, 0.25) is 0 Å². The van der Waals surface area contributed by atoms with Gasteiger partial charge in [0.15, 0.2) is 0 Å². The van der Waals surface area contributed by atoms with Crippen LogP contribution in [0.25, 0.3) is 0 Å². The predicted octanol–water partition coefficient (Wildman–Crippen LogP) is 3.38. The van der Waals surface area contributed by atoms with Crippen molar-refractivity contribution in [2.75, 3.05) is 18.5 Å². The van der Waals surface area contributed by atoms with E-state index in [1.807, 2.05) is 42.5 Å². The Morgan fingerprint density at radius 2 is 1.79 bits per heavy atom. The van der Waals surface area contributed by atoms with Crippen LogP contribution in [0.1, 0.15) is 24.8 Å². The highest BCUT2D eigenvalue weighted by atomic mass is 16.5. The van der Waals surface area contributed by atoms with Crippen LogP contribution in [0.4, 0.5) is 5.69 Å². The van der Waals surface area contributed by atoms with Crippen LogP contribution in [0, 0.1) is 5.41 Å². The van der Waals surface area contributed by atoms with Crippen LogP contribution in [0.5, 0.6) is 5.75 Å². The summed E-state index contributed by atoms with van der Waals surface area (Å²) in [5.74, 6) is 0.884. The molecule has 0 spiro atoms. The summed E-state index contributed by atoms with van der Waals surface area (Å²) in [4.78, 5) is 12.8. The number of benzene rings is 2. The molecule has 3 rings (SSSR count). The number of nitrogens with two attached hydrogens (primary N) is 1. The van der Waals surface area contributed by atoms with Gasteiger partial charge in [0.05, 0.1) is 5.41 Å².